The summed E-state index contributed by atoms with van der Waals surface area (Å²) in [4.78, 5) is 13.1. The maximum absolute atomic E-state index is 11.5. The van der Waals surface area contributed by atoms with E-state index in [9.17, 15) is 4.79 Å². The second-order valence-corrected chi connectivity index (χ2v) is 4.35. The minimum atomic E-state index is 0.107. The minimum absolute atomic E-state index is 0.107. The second-order valence-electron chi connectivity index (χ2n) is 4.35. The van der Waals surface area contributed by atoms with E-state index in [4.69, 9.17) is 0 Å². The Balaban J connectivity index is 2.22. The molecule has 2 rings (SSSR count). The van der Waals surface area contributed by atoms with E-state index in [0.29, 0.717) is 13.0 Å². The van der Waals surface area contributed by atoms with Gasteiger partial charge in [0.05, 0.1) is 18.4 Å². The van der Waals surface area contributed by atoms with Gasteiger partial charge in [0.2, 0.25) is 5.91 Å². The van der Waals surface area contributed by atoms with Crippen LogP contribution in [0.5, 0.6) is 0 Å². The van der Waals surface area contributed by atoms with Gasteiger partial charge in [0, 0.05) is 27.6 Å². The molecule has 0 aliphatic carbocycles. The molecule has 2 aromatic heterocycles. The number of nitrogens with zero attached hydrogens (tertiary/aromatic N) is 5. The highest BCUT2D eigenvalue weighted by molar-refractivity contribution is 5.78. The van der Waals surface area contributed by atoms with Crippen molar-refractivity contribution in [2.75, 3.05) is 14.1 Å². The van der Waals surface area contributed by atoms with Crippen molar-refractivity contribution < 1.29 is 4.79 Å². The lowest BCUT2D eigenvalue weighted by Crippen LogP contribution is -2.23. The lowest BCUT2D eigenvalue weighted by Gasteiger charge is -2.09. The van der Waals surface area contributed by atoms with Crippen molar-refractivity contribution in [2.45, 2.75) is 19.9 Å². The van der Waals surface area contributed by atoms with Crippen molar-refractivity contribution in [3.63, 3.8) is 0 Å². The third-order valence-electron chi connectivity index (χ3n) is 2.85. The molecule has 6 nitrogen and oxygen atoms in total. The molecule has 0 aliphatic rings. The summed E-state index contributed by atoms with van der Waals surface area (Å²) in [6.45, 7) is 2.54. The third-order valence-corrected chi connectivity index (χ3v) is 2.85. The van der Waals surface area contributed by atoms with Gasteiger partial charge in [-0.3, -0.25) is 14.2 Å². The molecule has 0 aromatic carbocycles. The largest absolute Gasteiger partial charge is 0.349 e. The van der Waals surface area contributed by atoms with Gasteiger partial charge in [-0.15, -0.1) is 0 Å². The van der Waals surface area contributed by atoms with E-state index < -0.39 is 0 Å². The van der Waals surface area contributed by atoms with Crippen LogP contribution in [-0.4, -0.2) is 44.5 Å². The molecule has 2 aromatic rings. The Labute approximate surface area is 99.8 Å². The quantitative estimate of drug-likeness (QED) is 0.781. The van der Waals surface area contributed by atoms with Crippen molar-refractivity contribution in [1.29, 1.82) is 0 Å². The summed E-state index contributed by atoms with van der Waals surface area (Å²) in [5.41, 5.74) is 2.95. The first-order valence-corrected chi connectivity index (χ1v) is 5.56. The number of carbonyl (C=O) groups is 1. The number of hydrogen-bond acceptors (Lipinski definition) is 3. The average Bonchev–Trinajstić information content (AvgIpc) is 2.79. The first kappa shape index (κ1) is 11.6. The zero-order chi connectivity index (χ0) is 12.6. The fourth-order valence-electron chi connectivity index (χ4n) is 1.91. The molecule has 0 aliphatic heterocycles. The molecule has 0 saturated heterocycles. The number of aryl methyl sites for hydroxylation is 3. The van der Waals surface area contributed by atoms with Crippen LogP contribution in [0.2, 0.25) is 0 Å². The van der Waals surface area contributed by atoms with Gasteiger partial charge in [0.1, 0.15) is 11.0 Å². The van der Waals surface area contributed by atoms with E-state index in [1.54, 1.807) is 25.2 Å². The first-order valence-electron chi connectivity index (χ1n) is 5.56. The van der Waals surface area contributed by atoms with Crippen LogP contribution in [0.1, 0.15) is 12.1 Å². The molecule has 17 heavy (non-hydrogen) atoms. The van der Waals surface area contributed by atoms with Gasteiger partial charge < -0.3 is 4.90 Å². The van der Waals surface area contributed by atoms with E-state index in [2.05, 4.69) is 10.2 Å². The molecule has 0 atom stereocenters. The summed E-state index contributed by atoms with van der Waals surface area (Å²) < 4.78 is 3.65. The van der Waals surface area contributed by atoms with Crippen molar-refractivity contribution in [2.24, 2.45) is 7.05 Å². The van der Waals surface area contributed by atoms with Gasteiger partial charge in [-0.1, -0.05) is 0 Å². The van der Waals surface area contributed by atoms with Crippen molar-refractivity contribution >= 4 is 16.9 Å². The molecule has 0 fully saturated rings. The molecule has 2 heterocycles. The lowest BCUT2D eigenvalue weighted by molar-refractivity contribution is -0.128. The number of rotatable bonds is 3. The lowest BCUT2D eigenvalue weighted by atomic mass is 10.3. The monoisotopic (exact) mass is 235 g/mol. The Kier molecular flexibility index (Phi) is 2.87. The SMILES string of the molecule is Cc1nn(C)c2cnn(CCC(=O)N(C)C)c12. The van der Waals surface area contributed by atoms with Crippen LogP contribution in [0, 0.1) is 6.92 Å². The molecule has 0 bridgehead atoms. The Hall–Kier alpha value is -1.85. The summed E-state index contributed by atoms with van der Waals surface area (Å²) in [7, 11) is 5.42. The predicted molar refractivity (Wildman–Crippen MR) is 64.5 cm³/mol. The summed E-state index contributed by atoms with van der Waals surface area (Å²) in [6, 6.07) is 0. The fourth-order valence-corrected chi connectivity index (χ4v) is 1.91. The minimum Gasteiger partial charge on any atom is -0.349 e. The smallest absolute Gasteiger partial charge is 0.223 e. The average molecular weight is 235 g/mol. The van der Waals surface area contributed by atoms with Crippen LogP contribution in [0.4, 0.5) is 0 Å². The molecule has 0 N–H and O–H groups in total. The third kappa shape index (κ3) is 2.02. The van der Waals surface area contributed by atoms with Gasteiger partial charge in [-0.25, -0.2) is 0 Å². The zero-order valence-corrected chi connectivity index (χ0v) is 10.6. The standard InChI is InChI=1S/C11H17N5O/c1-8-11-9(15(4)13-8)7-12-16(11)6-5-10(17)14(2)3/h7H,5-6H2,1-4H3. The number of amides is 1. The molecule has 0 radical (unpaired) electrons. The summed E-state index contributed by atoms with van der Waals surface area (Å²) >= 11 is 0. The maximum Gasteiger partial charge on any atom is 0.223 e. The Morgan fingerprint density at radius 2 is 2.18 bits per heavy atom. The van der Waals surface area contributed by atoms with Crippen molar-refractivity contribution in [3.8, 4) is 0 Å². The molecule has 0 spiro atoms. The normalized spacial score (nSPS) is 11.1. The highest BCUT2D eigenvalue weighted by atomic mass is 16.2. The molecule has 1 amide bonds. The van der Waals surface area contributed by atoms with Crippen LogP contribution in [0.15, 0.2) is 6.20 Å². The molecule has 92 valence electrons. The molecular formula is C11H17N5O. The van der Waals surface area contributed by atoms with E-state index >= 15 is 0 Å². The number of carbonyl (C=O) groups excluding carboxylic acids is 1. The Morgan fingerprint density at radius 3 is 2.82 bits per heavy atom. The van der Waals surface area contributed by atoms with E-state index in [0.717, 1.165) is 16.7 Å². The van der Waals surface area contributed by atoms with Crippen LogP contribution in [-0.2, 0) is 18.4 Å². The number of aromatic nitrogens is 4. The second kappa shape index (κ2) is 4.20. The maximum atomic E-state index is 11.5. The molecule has 6 heteroatoms. The van der Waals surface area contributed by atoms with E-state index in [1.165, 1.54) is 0 Å². The van der Waals surface area contributed by atoms with Gasteiger partial charge >= 0.3 is 0 Å². The Morgan fingerprint density at radius 1 is 1.47 bits per heavy atom. The topological polar surface area (TPSA) is 56.0 Å². The number of hydrogen-bond donors (Lipinski definition) is 0. The van der Waals surface area contributed by atoms with Gasteiger partial charge in [0.25, 0.3) is 0 Å². The Bertz CT molecular complexity index is 551. The molecule has 0 saturated carbocycles. The van der Waals surface area contributed by atoms with Crippen molar-refractivity contribution in [3.05, 3.63) is 11.9 Å². The first-order chi connectivity index (χ1) is 8.00. The van der Waals surface area contributed by atoms with E-state index in [-0.39, 0.29) is 5.91 Å². The van der Waals surface area contributed by atoms with Crippen LogP contribution >= 0.6 is 0 Å². The van der Waals surface area contributed by atoms with Gasteiger partial charge in [-0.05, 0) is 6.92 Å². The van der Waals surface area contributed by atoms with Crippen LogP contribution < -0.4 is 0 Å². The highest BCUT2D eigenvalue weighted by Gasteiger charge is 2.12. The summed E-state index contributed by atoms with van der Waals surface area (Å²) in [5.74, 6) is 0.107. The number of fused-ring (bicyclic) bond motifs is 1. The molecule has 0 unspecified atom stereocenters. The molecular weight excluding hydrogens is 218 g/mol. The summed E-state index contributed by atoms with van der Waals surface area (Å²) in [5, 5.41) is 8.63. The van der Waals surface area contributed by atoms with Gasteiger partial charge in [-0.2, -0.15) is 10.2 Å². The zero-order valence-electron chi connectivity index (χ0n) is 10.6. The fraction of sp³-hybridized carbons (Fsp3) is 0.545. The highest BCUT2D eigenvalue weighted by Crippen LogP contribution is 2.16. The van der Waals surface area contributed by atoms with Crippen molar-refractivity contribution in [1.82, 2.24) is 24.5 Å². The summed E-state index contributed by atoms with van der Waals surface area (Å²) in [6.07, 6.45) is 2.24. The van der Waals surface area contributed by atoms with Crippen LogP contribution in [0.3, 0.4) is 0 Å². The van der Waals surface area contributed by atoms with Gasteiger partial charge in [0.15, 0.2) is 0 Å². The van der Waals surface area contributed by atoms with Crippen LogP contribution in [0.25, 0.3) is 11.0 Å². The predicted octanol–water partition coefficient (Wildman–Crippen LogP) is 0.557. The van der Waals surface area contributed by atoms with E-state index in [1.807, 2.05) is 23.3 Å².